The summed E-state index contributed by atoms with van der Waals surface area (Å²) in [5, 5.41) is 5.79. The minimum Gasteiger partial charge on any atom is -0.493 e. The number of methoxy groups -OCH3 is 2. The number of aryl methyl sites for hydroxylation is 2. The average Bonchev–Trinajstić information content (AvgIpc) is 2.72. The zero-order valence-corrected chi connectivity index (χ0v) is 18.0. The van der Waals surface area contributed by atoms with Crippen LogP contribution in [0.3, 0.4) is 0 Å². The molecule has 2 rings (SSSR count). The van der Waals surface area contributed by atoms with Gasteiger partial charge in [0, 0.05) is 12.2 Å². The van der Waals surface area contributed by atoms with Gasteiger partial charge in [0.05, 0.1) is 14.2 Å². The second-order valence-corrected chi connectivity index (χ2v) is 7.41. The molecule has 2 amide bonds. The van der Waals surface area contributed by atoms with E-state index in [1.807, 2.05) is 38.1 Å². The fourth-order valence-corrected chi connectivity index (χ4v) is 2.97. The van der Waals surface area contributed by atoms with Crippen molar-refractivity contribution in [2.24, 2.45) is 5.41 Å². The van der Waals surface area contributed by atoms with Crippen molar-refractivity contribution in [3.63, 3.8) is 0 Å². The first-order valence-electron chi connectivity index (χ1n) is 9.63. The minimum atomic E-state index is -1.23. The topological polar surface area (TPSA) is 76.7 Å². The number of ether oxygens (including phenoxy) is 2. The summed E-state index contributed by atoms with van der Waals surface area (Å²) in [5.74, 6) is 0.512. The van der Waals surface area contributed by atoms with E-state index in [9.17, 15) is 9.59 Å². The first-order chi connectivity index (χ1) is 13.7. The normalized spacial score (nSPS) is 11.0. The van der Waals surface area contributed by atoms with Gasteiger partial charge in [-0.25, -0.2) is 0 Å². The van der Waals surface area contributed by atoms with Gasteiger partial charge >= 0.3 is 0 Å². The largest absolute Gasteiger partial charge is 0.493 e. The first kappa shape index (κ1) is 22.3. The van der Waals surface area contributed by atoms with Gasteiger partial charge in [0.1, 0.15) is 5.41 Å². The first-order valence-corrected chi connectivity index (χ1v) is 9.63. The average molecular weight is 399 g/mol. The van der Waals surface area contributed by atoms with Gasteiger partial charge in [0.15, 0.2) is 11.5 Å². The van der Waals surface area contributed by atoms with Gasteiger partial charge in [-0.3, -0.25) is 9.59 Å². The Hall–Kier alpha value is -3.02. The van der Waals surface area contributed by atoms with Gasteiger partial charge in [-0.1, -0.05) is 31.2 Å². The van der Waals surface area contributed by atoms with Crippen LogP contribution in [0.25, 0.3) is 0 Å². The molecule has 0 atom stereocenters. The number of carbonyl (C=O) groups excluding carboxylic acids is 2. The Morgan fingerprint density at radius 1 is 1.00 bits per heavy atom. The van der Waals surface area contributed by atoms with Crippen LogP contribution in [0.1, 0.15) is 37.5 Å². The van der Waals surface area contributed by atoms with Crippen LogP contribution in [0.4, 0.5) is 5.69 Å². The molecule has 0 unspecified atom stereocenters. The Kier molecular flexibility index (Phi) is 7.26. The highest BCUT2D eigenvalue weighted by molar-refractivity contribution is 6.10. The van der Waals surface area contributed by atoms with Crippen LogP contribution < -0.4 is 20.1 Å². The van der Waals surface area contributed by atoms with E-state index >= 15 is 0 Å². The van der Waals surface area contributed by atoms with Crippen molar-refractivity contribution < 1.29 is 19.1 Å². The monoisotopic (exact) mass is 398 g/mol. The maximum Gasteiger partial charge on any atom is 0.239 e. The number of amides is 2. The number of para-hydroxylation sites is 1. The summed E-state index contributed by atoms with van der Waals surface area (Å²) in [5.41, 5.74) is 2.41. The molecule has 0 saturated heterocycles. The third-order valence-corrected chi connectivity index (χ3v) is 5.01. The zero-order chi connectivity index (χ0) is 21.6. The molecule has 0 bridgehead atoms. The second-order valence-electron chi connectivity index (χ2n) is 7.41. The second kappa shape index (κ2) is 9.45. The number of nitrogens with one attached hydrogen (secondary N) is 2. The summed E-state index contributed by atoms with van der Waals surface area (Å²) in [7, 11) is 3.13. The van der Waals surface area contributed by atoms with Crippen molar-refractivity contribution in [2.75, 3.05) is 19.5 Å². The maximum atomic E-state index is 12.9. The number of rotatable bonds is 8. The van der Waals surface area contributed by atoms with Crippen molar-refractivity contribution in [2.45, 2.75) is 40.7 Å². The van der Waals surface area contributed by atoms with E-state index < -0.39 is 5.41 Å². The van der Waals surface area contributed by atoms with Crippen LogP contribution in [0.5, 0.6) is 11.5 Å². The molecule has 2 N–H and O–H groups in total. The van der Waals surface area contributed by atoms with Crippen LogP contribution in [0.15, 0.2) is 36.4 Å². The van der Waals surface area contributed by atoms with E-state index in [1.54, 1.807) is 40.2 Å². The number of hydrogen-bond donors (Lipinski definition) is 2. The van der Waals surface area contributed by atoms with Crippen LogP contribution in [0.2, 0.25) is 0 Å². The SMILES string of the molecule is CCc1cccc(C)c1NC(=O)C(C)(C)C(=O)NCc1ccc(OC)c(OC)c1. The molecule has 0 aliphatic carbocycles. The van der Waals surface area contributed by atoms with E-state index in [0.717, 1.165) is 28.8 Å². The van der Waals surface area contributed by atoms with Gasteiger partial charge < -0.3 is 20.1 Å². The van der Waals surface area contributed by atoms with Crippen LogP contribution >= 0.6 is 0 Å². The van der Waals surface area contributed by atoms with Crippen LogP contribution in [0, 0.1) is 12.3 Å². The van der Waals surface area contributed by atoms with Crippen molar-refractivity contribution in [1.82, 2.24) is 5.32 Å². The Morgan fingerprint density at radius 2 is 1.69 bits per heavy atom. The van der Waals surface area contributed by atoms with Gasteiger partial charge in [0.25, 0.3) is 0 Å². The Morgan fingerprint density at radius 3 is 2.31 bits per heavy atom. The smallest absolute Gasteiger partial charge is 0.239 e. The van der Waals surface area contributed by atoms with Crippen molar-refractivity contribution >= 4 is 17.5 Å². The van der Waals surface area contributed by atoms with E-state index in [1.165, 1.54) is 0 Å². The molecule has 0 spiro atoms. The molecule has 2 aromatic rings. The lowest BCUT2D eigenvalue weighted by atomic mass is 9.90. The summed E-state index contributed by atoms with van der Waals surface area (Å²) >= 11 is 0. The Balaban J connectivity index is 2.09. The third-order valence-electron chi connectivity index (χ3n) is 5.01. The fourth-order valence-electron chi connectivity index (χ4n) is 2.97. The lowest BCUT2D eigenvalue weighted by molar-refractivity contribution is -0.138. The lowest BCUT2D eigenvalue weighted by Crippen LogP contribution is -2.45. The molecule has 0 aliphatic rings. The predicted molar refractivity (Wildman–Crippen MR) is 114 cm³/mol. The molecular formula is C23H30N2O4. The van der Waals surface area contributed by atoms with Gasteiger partial charge in [0.2, 0.25) is 11.8 Å². The number of benzene rings is 2. The van der Waals surface area contributed by atoms with Crippen molar-refractivity contribution in [1.29, 1.82) is 0 Å². The maximum absolute atomic E-state index is 12.9. The summed E-state index contributed by atoms with van der Waals surface area (Å²) in [6.07, 6.45) is 0.795. The highest BCUT2D eigenvalue weighted by Crippen LogP contribution is 2.28. The van der Waals surface area contributed by atoms with Crippen LogP contribution in [-0.4, -0.2) is 26.0 Å². The lowest BCUT2D eigenvalue weighted by Gasteiger charge is -2.24. The number of anilines is 1. The van der Waals surface area contributed by atoms with Gasteiger partial charge in [-0.05, 0) is 56.0 Å². The summed E-state index contributed by atoms with van der Waals surface area (Å²) in [6, 6.07) is 11.3. The van der Waals surface area contributed by atoms with E-state index in [2.05, 4.69) is 10.6 Å². The van der Waals surface area contributed by atoms with Crippen LogP contribution in [-0.2, 0) is 22.6 Å². The molecule has 0 radical (unpaired) electrons. The highest BCUT2D eigenvalue weighted by atomic mass is 16.5. The van der Waals surface area contributed by atoms with E-state index in [0.29, 0.717) is 11.5 Å². The standard InChI is InChI=1S/C23H30N2O4/c1-7-17-10-8-9-15(2)20(17)25-22(27)23(3,4)21(26)24-14-16-11-12-18(28-5)19(13-16)29-6/h8-13H,7,14H2,1-6H3,(H,24,26)(H,25,27). The fraction of sp³-hybridized carbons (Fsp3) is 0.391. The number of carbonyl (C=O) groups is 2. The van der Waals surface area contributed by atoms with E-state index in [4.69, 9.17) is 9.47 Å². The van der Waals surface area contributed by atoms with Crippen molar-refractivity contribution in [3.8, 4) is 11.5 Å². The summed E-state index contributed by atoms with van der Waals surface area (Å²) < 4.78 is 10.5. The molecule has 6 nitrogen and oxygen atoms in total. The molecule has 0 aromatic heterocycles. The molecule has 0 saturated carbocycles. The van der Waals surface area contributed by atoms with Gasteiger partial charge in [-0.2, -0.15) is 0 Å². The molecule has 156 valence electrons. The quantitative estimate of drug-likeness (QED) is 0.662. The summed E-state index contributed by atoms with van der Waals surface area (Å²) in [4.78, 5) is 25.6. The molecular weight excluding hydrogens is 368 g/mol. The summed E-state index contributed by atoms with van der Waals surface area (Å²) in [6.45, 7) is 7.50. The molecule has 0 aliphatic heterocycles. The predicted octanol–water partition coefficient (Wildman–Crippen LogP) is 3.86. The molecule has 6 heteroatoms. The molecule has 0 heterocycles. The van der Waals surface area contributed by atoms with Crippen molar-refractivity contribution in [3.05, 3.63) is 53.1 Å². The molecule has 29 heavy (non-hydrogen) atoms. The third kappa shape index (κ3) is 5.08. The minimum absolute atomic E-state index is 0.278. The highest BCUT2D eigenvalue weighted by Gasteiger charge is 2.36. The molecule has 0 fully saturated rings. The Labute approximate surface area is 172 Å². The van der Waals surface area contributed by atoms with E-state index in [-0.39, 0.29) is 18.4 Å². The zero-order valence-electron chi connectivity index (χ0n) is 18.0. The molecule has 2 aromatic carbocycles. The van der Waals surface area contributed by atoms with Gasteiger partial charge in [-0.15, -0.1) is 0 Å². The number of hydrogen-bond acceptors (Lipinski definition) is 4. The Bertz CT molecular complexity index is 890.